The Balaban J connectivity index is 3.52. The lowest BCUT2D eigenvalue weighted by molar-refractivity contribution is -0.149. The molecule has 1 atom stereocenters. The average Bonchev–Trinajstić information content (AvgIpc) is 2.91. The molecular formula is C31H62O6. The number of esters is 1. The third kappa shape index (κ3) is 28.1. The van der Waals surface area contributed by atoms with Gasteiger partial charge in [0.25, 0.3) is 0 Å². The molecule has 0 saturated carbocycles. The summed E-state index contributed by atoms with van der Waals surface area (Å²) in [5.74, 6) is -0.104. The first-order valence-corrected chi connectivity index (χ1v) is 15.7. The second-order valence-electron chi connectivity index (χ2n) is 10.1. The highest BCUT2D eigenvalue weighted by Crippen LogP contribution is 2.16. The van der Waals surface area contributed by atoms with Crippen molar-refractivity contribution in [3.05, 3.63) is 0 Å². The standard InChI is InChI=1S/C31H62O6/c1-4-7-10-12-14-15-17-21-33-24-26-35-28-29-36-27-25-34-23-20-30(19-9-6-3)31(32)37-22-18-16-13-11-8-5-2/h30H,4-29H2,1-3H3. The van der Waals surface area contributed by atoms with Crippen molar-refractivity contribution in [3.63, 3.8) is 0 Å². The molecule has 0 aliphatic rings. The lowest BCUT2D eigenvalue weighted by atomic mass is 9.99. The number of rotatable bonds is 31. The zero-order valence-electron chi connectivity index (χ0n) is 24.9. The molecule has 0 aliphatic carbocycles. The lowest BCUT2D eigenvalue weighted by Gasteiger charge is -2.16. The van der Waals surface area contributed by atoms with Gasteiger partial charge in [-0.05, 0) is 25.7 Å². The van der Waals surface area contributed by atoms with Gasteiger partial charge in [-0.3, -0.25) is 4.79 Å². The van der Waals surface area contributed by atoms with Crippen molar-refractivity contribution in [2.24, 2.45) is 5.92 Å². The van der Waals surface area contributed by atoms with Gasteiger partial charge in [0.15, 0.2) is 0 Å². The van der Waals surface area contributed by atoms with Crippen LogP contribution in [-0.4, -0.2) is 65.4 Å². The summed E-state index contributed by atoms with van der Waals surface area (Å²) in [7, 11) is 0. The third-order valence-corrected chi connectivity index (χ3v) is 6.60. The number of ether oxygens (including phenoxy) is 5. The fourth-order valence-electron chi connectivity index (χ4n) is 4.15. The number of hydrogen-bond donors (Lipinski definition) is 0. The minimum atomic E-state index is -0.0534. The molecule has 6 heteroatoms. The van der Waals surface area contributed by atoms with Crippen LogP contribution in [0.15, 0.2) is 0 Å². The molecule has 0 bridgehead atoms. The van der Waals surface area contributed by atoms with Crippen LogP contribution in [0.4, 0.5) is 0 Å². The van der Waals surface area contributed by atoms with Crippen LogP contribution in [0.1, 0.15) is 130 Å². The first kappa shape index (κ1) is 36.3. The van der Waals surface area contributed by atoms with Gasteiger partial charge >= 0.3 is 5.97 Å². The Morgan fingerprint density at radius 3 is 1.35 bits per heavy atom. The van der Waals surface area contributed by atoms with Gasteiger partial charge < -0.3 is 23.7 Å². The smallest absolute Gasteiger partial charge is 0.309 e. The Labute approximate surface area is 229 Å². The van der Waals surface area contributed by atoms with Crippen molar-refractivity contribution in [2.45, 2.75) is 130 Å². The van der Waals surface area contributed by atoms with Crippen molar-refractivity contribution >= 4 is 5.97 Å². The Hall–Kier alpha value is -0.690. The van der Waals surface area contributed by atoms with Crippen LogP contribution in [0.25, 0.3) is 0 Å². The van der Waals surface area contributed by atoms with Gasteiger partial charge in [-0.2, -0.15) is 0 Å². The number of carbonyl (C=O) groups is 1. The van der Waals surface area contributed by atoms with E-state index in [1.54, 1.807) is 0 Å². The fourth-order valence-corrected chi connectivity index (χ4v) is 4.15. The Bertz CT molecular complexity index is 445. The van der Waals surface area contributed by atoms with Gasteiger partial charge in [-0.1, -0.05) is 104 Å². The predicted octanol–water partition coefficient (Wildman–Crippen LogP) is 7.90. The highest BCUT2D eigenvalue weighted by atomic mass is 16.6. The molecule has 0 amide bonds. The summed E-state index contributed by atoms with van der Waals surface area (Å²) >= 11 is 0. The van der Waals surface area contributed by atoms with Gasteiger partial charge in [0.05, 0.1) is 52.2 Å². The van der Waals surface area contributed by atoms with Gasteiger partial charge in [0.2, 0.25) is 0 Å². The topological polar surface area (TPSA) is 63.2 Å². The Morgan fingerprint density at radius 1 is 0.432 bits per heavy atom. The molecule has 1 unspecified atom stereocenters. The summed E-state index contributed by atoms with van der Waals surface area (Å²) in [5, 5.41) is 0. The van der Waals surface area contributed by atoms with Crippen molar-refractivity contribution in [1.82, 2.24) is 0 Å². The molecule has 0 aromatic carbocycles. The zero-order chi connectivity index (χ0) is 27.1. The van der Waals surface area contributed by atoms with Crippen molar-refractivity contribution in [2.75, 3.05) is 59.5 Å². The van der Waals surface area contributed by atoms with E-state index in [1.807, 2.05) is 0 Å². The summed E-state index contributed by atoms with van der Waals surface area (Å²) in [6.45, 7) is 12.1. The summed E-state index contributed by atoms with van der Waals surface area (Å²) in [6, 6.07) is 0. The van der Waals surface area contributed by atoms with Crippen molar-refractivity contribution in [3.8, 4) is 0 Å². The van der Waals surface area contributed by atoms with Crippen LogP contribution in [0.5, 0.6) is 0 Å². The largest absolute Gasteiger partial charge is 0.465 e. The summed E-state index contributed by atoms with van der Waals surface area (Å²) in [6.07, 6.45) is 20.1. The van der Waals surface area contributed by atoms with Crippen LogP contribution in [0.3, 0.4) is 0 Å². The molecule has 6 nitrogen and oxygen atoms in total. The molecule has 0 heterocycles. The molecule has 0 N–H and O–H groups in total. The van der Waals surface area contributed by atoms with Crippen LogP contribution >= 0.6 is 0 Å². The number of carbonyl (C=O) groups excluding carboxylic acids is 1. The highest BCUT2D eigenvalue weighted by molar-refractivity contribution is 5.72. The van der Waals surface area contributed by atoms with E-state index < -0.39 is 0 Å². The van der Waals surface area contributed by atoms with Crippen LogP contribution in [-0.2, 0) is 28.5 Å². The maximum Gasteiger partial charge on any atom is 0.309 e. The van der Waals surface area contributed by atoms with Crippen molar-refractivity contribution in [1.29, 1.82) is 0 Å². The minimum Gasteiger partial charge on any atom is -0.465 e. The number of hydrogen-bond acceptors (Lipinski definition) is 6. The Morgan fingerprint density at radius 2 is 0.838 bits per heavy atom. The SMILES string of the molecule is CCCCCCCCCOCCOCCOCCOCCC(CCCC)C(=O)OCCCCCCCC. The van der Waals surface area contributed by atoms with E-state index >= 15 is 0 Å². The van der Waals surface area contributed by atoms with Gasteiger partial charge in [0, 0.05) is 13.2 Å². The molecule has 0 aromatic heterocycles. The number of unbranched alkanes of at least 4 members (excludes halogenated alkanes) is 12. The van der Waals surface area contributed by atoms with E-state index in [2.05, 4.69) is 20.8 Å². The third-order valence-electron chi connectivity index (χ3n) is 6.60. The van der Waals surface area contributed by atoms with Crippen LogP contribution in [0.2, 0.25) is 0 Å². The van der Waals surface area contributed by atoms with E-state index in [1.165, 1.54) is 64.2 Å². The molecular weight excluding hydrogens is 468 g/mol. The van der Waals surface area contributed by atoms with E-state index in [9.17, 15) is 4.79 Å². The quantitative estimate of drug-likeness (QED) is 0.0670. The fraction of sp³-hybridized carbons (Fsp3) is 0.968. The summed E-state index contributed by atoms with van der Waals surface area (Å²) in [5.41, 5.74) is 0. The van der Waals surface area contributed by atoms with E-state index in [4.69, 9.17) is 23.7 Å². The van der Waals surface area contributed by atoms with Crippen molar-refractivity contribution < 1.29 is 28.5 Å². The first-order valence-electron chi connectivity index (χ1n) is 15.7. The Kier molecular flexibility index (Phi) is 30.9. The molecule has 0 spiro atoms. The summed E-state index contributed by atoms with van der Waals surface area (Å²) < 4.78 is 28.0. The molecule has 0 aromatic rings. The second kappa shape index (κ2) is 31.5. The van der Waals surface area contributed by atoms with Crippen LogP contribution < -0.4 is 0 Å². The van der Waals surface area contributed by atoms with Gasteiger partial charge in [0.1, 0.15) is 0 Å². The second-order valence-corrected chi connectivity index (χ2v) is 10.1. The maximum atomic E-state index is 12.5. The highest BCUT2D eigenvalue weighted by Gasteiger charge is 2.19. The van der Waals surface area contributed by atoms with Gasteiger partial charge in [-0.15, -0.1) is 0 Å². The molecule has 0 aliphatic heterocycles. The molecule has 37 heavy (non-hydrogen) atoms. The molecule has 0 fully saturated rings. The van der Waals surface area contributed by atoms with E-state index in [0.717, 1.165) is 51.6 Å². The molecule has 0 rings (SSSR count). The molecule has 0 saturated heterocycles. The molecule has 222 valence electrons. The van der Waals surface area contributed by atoms with E-state index in [0.29, 0.717) is 52.9 Å². The first-order chi connectivity index (χ1) is 18.3. The monoisotopic (exact) mass is 530 g/mol. The lowest BCUT2D eigenvalue weighted by Crippen LogP contribution is -2.21. The van der Waals surface area contributed by atoms with Gasteiger partial charge in [-0.25, -0.2) is 0 Å². The maximum absolute atomic E-state index is 12.5. The van der Waals surface area contributed by atoms with E-state index in [-0.39, 0.29) is 11.9 Å². The summed E-state index contributed by atoms with van der Waals surface area (Å²) in [4.78, 5) is 12.5. The minimum absolute atomic E-state index is 0.0506. The molecule has 0 radical (unpaired) electrons. The average molecular weight is 531 g/mol. The zero-order valence-corrected chi connectivity index (χ0v) is 24.9. The predicted molar refractivity (Wildman–Crippen MR) is 153 cm³/mol. The normalized spacial score (nSPS) is 12.2. The van der Waals surface area contributed by atoms with Crippen LogP contribution in [0, 0.1) is 5.92 Å².